The van der Waals surface area contributed by atoms with Crippen molar-refractivity contribution in [3.8, 4) is 22.1 Å². The van der Waals surface area contributed by atoms with Gasteiger partial charge in [0, 0.05) is 22.7 Å². The fourth-order valence-corrected chi connectivity index (χ4v) is 4.16. The van der Waals surface area contributed by atoms with E-state index in [1.54, 1.807) is 29.5 Å². The third-order valence-electron chi connectivity index (χ3n) is 3.79. The molecule has 0 saturated carbocycles. The molecule has 2 amide bonds. The molecule has 4 rings (SSSR count). The van der Waals surface area contributed by atoms with E-state index in [-0.39, 0.29) is 18.6 Å². The number of fused-ring (bicyclic) bond motifs is 1. The molecule has 9 heteroatoms. The van der Waals surface area contributed by atoms with Crippen molar-refractivity contribution in [2.45, 2.75) is 13.5 Å². The summed E-state index contributed by atoms with van der Waals surface area (Å²) in [7, 11) is 0. The molecule has 0 bridgehead atoms. The number of hydrogen-bond acceptors (Lipinski definition) is 7. The smallest absolute Gasteiger partial charge is 0.257 e. The van der Waals surface area contributed by atoms with Crippen LogP contribution < -0.4 is 20.1 Å². The van der Waals surface area contributed by atoms with E-state index >= 15 is 0 Å². The number of ether oxygens (including phenoxy) is 2. The highest BCUT2D eigenvalue weighted by Gasteiger charge is 2.17. The Morgan fingerprint density at radius 3 is 2.89 bits per heavy atom. The molecule has 1 aromatic carbocycles. The molecule has 3 aromatic rings. The number of anilines is 1. The lowest BCUT2D eigenvalue weighted by Crippen LogP contribution is -2.17. The Morgan fingerprint density at radius 1 is 1.19 bits per heavy atom. The number of nitrogens with one attached hydrogen (secondary N) is 2. The highest BCUT2D eigenvalue weighted by molar-refractivity contribution is 7.17. The van der Waals surface area contributed by atoms with Crippen LogP contribution in [0.5, 0.6) is 11.5 Å². The van der Waals surface area contributed by atoms with E-state index in [1.165, 1.54) is 18.3 Å². The second-order valence-electron chi connectivity index (χ2n) is 5.74. The van der Waals surface area contributed by atoms with Crippen LogP contribution in [-0.4, -0.2) is 23.6 Å². The fraction of sp³-hybridized carbons (Fsp3) is 0.167. The maximum atomic E-state index is 12.4. The van der Waals surface area contributed by atoms with Crippen molar-refractivity contribution in [2.24, 2.45) is 0 Å². The molecule has 3 heterocycles. The Kier molecular flexibility index (Phi) is 4.78. The molecule has 0 atom stereocenters. The molecule has 2 aromatic heterocycles. The average molecular weight is 401 g/mol. The van der Waals surface area contributed by atoms with Gasteiger partial charge in [0.2, 0.25) is 12.7 Å². The lowest BCUT2D eigenvalue weighted by atomic mass is 10.2. The van der Waals surface area contributed by atoms with Crippen LogP contribution in [0.4, 0.5) is 5.13 Å². The molecule has 1 aliphatic heterocycles. The number of amides is 2. The second-order valence-corrected chi connectivity index (χ2v) is 7.76. The summed E-state index contributed by atoms with van der Waals surface area (Å²) in [4.78, 5) is 29.9. The monoisotopic (exact) mass is 401 g/mol. The second kappa shape index (κ2) is 7.37. The summed E-state index contributed by atoms with van der Waals surface area (Å²) >= 11 is 2.91. The zero-order chi connectivity index (χ0) is 18.8. The normalized spacial score (nSPS) is 12.0. The summed E-state index contributed by atoms with van der Waals surface area (Å²) in [5.74, 6) is 0.877. The van der Waals surface area contributed by atoms with E-state index in [0.29, 0.717) is 28.7 Å². The Balaban J connectivity index is 1.43. The highest BCUT2D eigenvalue weighted by Crippen LogP contribution is 2.33. The number of thiazole rings is 1. The summed E-state index contributed by atoms with van der Waals surface area (Å²) in [6.07, 6.45) is 0. The van der Waals surface area contributed by atoms with Gasteiger partial charge in [-0.2, -0.15) is 0 Å². The number of benzene rings is 1. The SMILES string of the molecule is CC(=O)NCc1ccc(-c2csc(NC(=O)c3ccc4c(c3)OCO4)n2)s1. The molecule has 0 unspecified atom stereocenters. The zero-order valence-corrected chi connectivity index (χ0v) is 15.9. The van der Waals surface area contributed by atoms with E-state index in [1.807, 2.05) is 17.5 Å². The lowest BCUT2D eigenvalue weighted by molar-refractivity contribution is -0.119. The van der Waals surface area contributed by atoms with Crippen LogP contribution in [-0.2, 0) is 11.3 Å². The first-order chi connectivity index (χ1) is 13.1. The van der Waals surface area contributed by atoms with Gasteiger partial charge in [0.1, 0.15) is 0 Å². The van der Waals surface area contributed by atoms with Gasteiger partial charge < -0.3 is 14.8 Å². The molecule has 2 N–H and O–H groups in total. The maximum absolute atomic E-state index is 12.4. The molecule has 0 fully saturated rings. The molecular formula is C18H15N3O4S2. The molecule has 27 heavy (non-hydrogen) atoms. The van der Waals surface area contributed by atoms with Crippen LogP contribution in [0.1, 0.15) is 22.2 Å². The lowest BCUT2D eigenvalue weighted by Gasteiger charge is -2.03. The Bertz CT molecular complexity index is 1010. The number of thiophene rings is 1. The largest absolute Gasteiger partial charge is 0.454 e. The van der Waals surface area contributed by atoms with Crippen LogP contribution in [0.3, 0.4) is 0 Å². The van der Waals surface area contributed by atoms with Gasteiger partial charge in [0.05, 0.1) is 17.1 Å². The third-order valence-corrected chi connectivity index (χ3v) is 5.65. The van der Waals surface area contributed by atoms with Crippen molar-refractivity contribution < 1.29 is 19.1 Å². The minimum atomic E-state index is -0.258. The Hall–Kier alpha value is -2.91. The van der Waals surface area contributed by atoms with Gasteiger partial charge >= 0.3 is 0 Å². The zero-order valence-electron chi connectivity index (χ0n) is 14.3. The Morgan fingerprint density at radius 2 is 2.04 bits per heavy atom. The van der Waals surface area contributed by atoms with Crippen molar-refractivity contribution in [3.63, 3.8) is 0 Å². The van der Waals surface area contributed by atoms with Crippen LogP contribution in [0.2, 0.25) is 0 Å². The quantitative estimate of drug-likeness (QED) is 0.683. The van der Waals surface area contributed by atoms with E-state index in [4.69, 9.17) is 9.47 Å². The van der Waals surface area contributed by atoms with Crippen molar-refractivity contribution in [1.82, 2.24) is 10.3 Å². The predicted octanol–water partition coefficient (Wildman–Crippen LogP) is 3.49. The van der Waals surface area contributed by atoms with Gasteiger partial charge in [-0.05, 0) is 30.3 Å². The van der Waals surface area contributed by atoms with Crippen LogP contribution in [0, 0.1) is 0 Å². The van der Waals surface area contributed by atoms with E-state index < -0.39 is 0 Å². The summed E-state index contributed by atoms with van der Waals surface area (Å²) < 4.78 is 10.5. The molecule has 138 valence electrons. The first-order valence-corrected chi connectivity index (χ1v) is 9.78. The van der Waals surface area contributed by atoms with E-state index in [0.717, 1.165) is 15.4 Å². The topological polar surface area (TPSA) is 89.6 Å². The van der Waals surface area contributed by atoms with Crippen LogP contribution in [0.15, 0.2) is 35.7 Å². The Labute approximate surface area is 163 Å². The first-order valence-electron chi connectivity index (χ1n) is 8.08. The molecule has 0 saturated heterocycles. The molecule has 1 aliphatic rings. The minimum absolute atomic E-state index is 0.0628. The van der Waals surface area contributed by atoms with Crippen molar-refractivity contribution in [3.05, 3.63) is 46.2 Å². The van der Waals surface area contributed by atoms with Gasteiger partial charge in [0.15, 0.2) is 16.6 Å². The number of carbonyl (C=O) groups excluding carboxylic acids is 2. The number of hydrogen-bond donors (Lipinski definition) is 2. The standard InChI is InChI=1S/C18H15N3O4S2/c1-10(22)19-7-12-3-5-16(27-12)13-8-26-18(20-13)21-17(23)11-2-4-14-15(6-11)25-9-24-14/h2-6,8H,7,9H2,1H3,(H,19,22)(H,20,21,23). The number of carbonyl (C=O) groups is 2. The molecule has 0 radical (unpaired) electrons. The van der Waals surface area contributed by atoms with Crippen molar-refractivity contribution >= 4 is 39.6 Å². The predicted molar refractivity (Wildman–Crippen MR) is 103 cm³/mol. The van der Waals surface area contributed by atoms with Crippen LogP contribution >= 0.6 is 22.7 Å². The van der Waals surface area contributed by atoms with Gasteiger partial charge in [-0.1, -0.05) is 0 Å². The number of nitrogens with zero attached hydrogens (tertiary/aromatic N) is 1. The van der Waals surface area contributed by atoms with Gasteiger partial charge in [-0.3, -0.25) is 14.9 Å². The molecule has 7 nitrogen and oxygen atoms in total. The summed E-state index contributed by atoms with van der Waals surface area (Å²) in [6.45, 7) is 2.16. The van der Waals surface area contributed by atoms with Crippen molar-refractivity contribution in [2.75, 3.05) is 12.1 Å². The van der Waals surface area contributed by atoms with E-state index in [9.17, 15) is 9.59 Å². The molecule has 0 aliphatic carbocycles. The fourth-order valence-electron chi connectivity index (χ4n) is 2.47. The molecular weight excluding hydrogens is 386 g/mol. The summed E-state index contributed by atoms with van der Waals surface area (Å²) in [5.41, 5.74) is 1.27. The molecule has 0 spiro atoms. The minimum Gasteiger partial charge on any atom is -0.454 e. The van der Waals surface area contributed by atoms with Gasteiger partial charge in [-0.15, -0.1) is 22.7 Å². The first kappa shape index (κ1) is 17.5. The van der Waals surface area contributed by atoms with Crippen molar-refractivity contribution in [1.29, 1.82) is 0 Å². The summed E-state index contributed by atoms with van der Waals surface area (Å²) in [5, 5.41) is 7.99. The van der Waals surface area contributed by atoms with Gasteiger partial charge in [-0.25, -0.2) is 4.98 Å². The van der Waals surface area contributed by atoms with Crippen LogP contribution in [0.25, 0.3) is 10.6 Å². The third kappa shape index (κ3) is 3.93. The van der Waals surface area contributed by atoms with E-state index in [2.05, 4.69) is 15.6 Å². The number of rotatable bonds is 5. The van der Waals surface area contributed by atoms with Gasteiger partial charge in [0.25, 0.3) is 5.91 Å². The highest BCUT2D eigenvalue weighted by atomic mass is 32.1. The summed E-state index contributed by atoms with van der Waals surface area (Å²) in [6, 6.07) is 8.97. The maximum Gasteiger partial charge on any atom is 0.257 e. The average Bonchev–Trinajstić information content (AvgIpc) is 3.39. The number of aromatic nitrogens is 1.